The van der Waals surface area contributed by atoms with Crippen LogP contribution >= 0.6 is 0 Å². The lowest BCUT2D eigenvalue weighted by Gasteiger charge is -2.28. The lowest BCUT2D eigenvalue weighted by atomic mass is 10.1. The third kappa shape index (κ3) is 5.11. The number of rotatable bonds is 6. The second kappa shape index (κ2) is 9.17. The number of carbonyl (C=O) groups is 1. The summed E-state index contributed by atoms with van der Waals surface area (Å²) >= 11 is 0. The van der Waals surface area contributed by atoms with Crippen LogP contribution in [0.5, 0.6) is 5.75 Å². The number of benzene rings is 2. The Hall–Kier alpha value is -3.27. The minimum atomic E-state index is -4.49. The maximum Gasteiger partial charge on any atom is 0.416 e. The number of hydrogen-bond donors (Lipinski definition) is 0. The molecule has 0 bridgehead atoms. The highest BCUT2D eigenvalue weighted by Gasteiger charge is 2.36. The van der Waals surface area contributed by atoms with Crippen molar-refractivity contribution in [2.24, 2.45) is 0 Å². The molecule has 0 N–H and O–H groups in total. The van der Waals surface area contributed by atoms with Gasteiger partial charge in [0.15, 0.2) is 9.84 Å². The van der Waals surface area contributed by atoms with E-state index in [-0.39, 0.29) is 41.4 Å². The van der Waals surface area contributed by atoms with Crippen molar-refractivity contribution in [2.75, 3.05) is 18.6 Å². The van der Waals surface area contributed by atoms with Gasteiger partial charge in [-0.15, -0.1) is 0 Å². The molecule has 10 heteroatoms. The zero-order valence-electron chi connectivity index (χ0n) is 18.2. The number of ether oxygens (including phenoxy) is 1. The van der Waals surface area contributed by atoms with Crippen LogP contribution in [0.4, 0.5) is 13.2 Å². The lowest BCUT2D eigenvalue weighted by molar-refractivity contribution is -0.137. The van der Waals surface area contributed by atoms with Crippen LogP contribution in [0.2, 0.25) is 0 Å². The molecule has 1 aromatic heterocycles. The highest BCUT2D eigenvalue weighted by Crippen LogP contribution is 2.33. The number of alkyl halides is 3. The first kappa shape index (κ1) is 23.9. The topological polar surface area (TPSA) is 76.8 Å². The molecule has 3 aromatic rings. The molecule has 1 saturated heterocycles. The Morgan fingerprint density at radius 2 is 1.88 bits per heavy atom. The molecule has 0 spiro atoms. The Morgan fingerprint density at radius 3 is 2.56 bits per heavy atom. The Balaban J connectivity index is 1.64. The second-order valence-electron chi connectivity index (χ2n) is 8.03. The quantitative estimate of drug-likeness (QED) is 0.493. The van der Waals surface area contributed by atoms with Crippen LogP contribution in [0.1, 0.15) is 28.1 Å². The van der Waals surface area contributed by atoms with Gasteiger partial charge in [0.05, 0.1) is 36.3 Å². The predicted molar refractivity (Wildman–Crippen MR) is 119 cm³/mol. The number of nitrogens with zero attached hydrogens (tertiary/aromatic N) is 1. The number of carbonyl (C=O) groups excluding carboxylic acids is 1. The van der Waals surface area contributed by atoms with E-state index >= 15 is 0 Å². The molecule has 0 aliphatic carbocycles. The van der Waals surface area contributed by atoms with Gasteiger partial charge in [-0.3, -0.25) is 4.79 Å². The maximum absolute atomic E-state index is 13.4. The molecular formula is C24H22F3NO5S. The summed E-state index contributed by atoms with van der Waals surface area (Å²) in [5, 5.41) is 0. The molecule has 0 saturated carbocycles. The van der Waals surface area contributed by atoms with Gasteiger partial charge in [0.25, 0.3) is 5.91 Å². The summed E-state index contributed by atoms with van der Waals surface area (Å²) in [4.78, 5) is 14.9. The summed E-state index contributed by atoms with van der Waals surface area (Å²) in [6.07, 6.45) is -4.21. The summed E-state index contributed by atoms with van der Waals surface area (Å²) in [7, 11) is -1.85. The molecule has 1 aliphatic heterocycles. The van der Waals surface area contributed by atoms with E-state index in [0.29, 0.717) is 11.5 Å². The smallest absolute Gasteiger partial charge is 0.416 e. The van der Waals surface area contributed by atoms with Gasteiger partial charge < -0.3 is 14.1 Å². The molecule has 1 aliphatic rings. The molecule has 0 radical (unpaired) electrons. The van der Waals surface area contributed by atoms with Crippen molar-refractivity contribution >= 4 is 15.7 Å². The summed E-state index contributed by atoms with van der Waals surface area (Å²) in [5.41, 5.74) is -0.279. The Bertz CT molecular complexity index is 1300. The van der Waals surface area contributed by atoms with Gasteiger partial charge >= 0.3 is 6.18 Å². The summed E-state index contributed by atoms with van der Waals surface area (Å²) in [6.45, 7) is -0.0456. The van der Waals surface area contributed by atoms with Crippen molar-refractivity contribution in [1.29, 1.82) is 0 Å². The minimum Gasteiger partial charge on any atom is -0.496 e. The van der Waals surface area contributed by atoms with Gasteiger partial charge in [0.2, 0.25) is 0 Å². The van der Waals surface area contributed by atoms with E-state index in [9.17, 15) is 26.4 Å². The van der Waals surface area contributed by atoms with Crippen LogP contribution in [-0.4, -0.2) is 43.9 Å². The van der Waals surface area contributed by atoms with Crippen LogP contribution in [0.15, 0.2) is 65.1 Å². The molecule has 1 unspecified atom stereocenters. The van der Waals surface area contributed by atoms with E-state index in [0.717, 1.165) is 12.1 Å². The molecule has 1 atom stereocenters. The van der Waals surface area contributed by atoms with E-state index in [2.05, 4.69) is 0 Å². The van der Waals surface area contributed by atoms with Crippen molar-refractivity contribution in [3.8, 4) is 17.1 Å². The molecule has 4 rings (SSSR count). The molecule has 1 amide bonds. The van der Waals surface area contributed by atoms with Gasteiger partial charge in [-0.25, -0.2) is 8.42 Å². The number of para-hydroxylation sites is 1. The highest BCUT2D eigenvalue weighted by atomic mass is 32.2. The van der Waals surface area contributed by atoms with Crippen molar-refractivity contribution in [2.45, 2.75) is 25.2 Å². The van der Waals surface area contributed by atoms with Gasteiger partial charge in [0.1, 0.15) is 17.3 Å². The van der Waals surface area contributed by atoms with Crippen LogP contribution < -0.4 is 4.74 Å². The first-order valence-electron chi connectivity index (χ1n) is 10.5. The maximum atomic E-state index is 13.4. The largest absolute Gasteiger partial charge is 0.496 e. The second-order valence-corrected chi connectivity index (χ2v) is 10.3. The number of halogens is 3. The highest BCUT2D eigenvalue weighted by molar-refractivity contribution is 7.91. The van der Waals surface area contributed by atoms with Gasteiger partial charge in [-0.2, -0.15) is 13.2 Å². The van der Waals surface area contributed by atoms with Gasteiger partial charge in [-0.05, 0) is 42.8 Å². The average Bonchev–Trinajstić information content (AvgIpc) is 3.42. The minimum absolute atomic E-state index is 0.0268. The Labute approximate surface area is 194 Å². The SMILES string of the molecule is COc1ccccc1C(=O)N(Cc1ccc(-c2cccc(C(F)(F)F)c2)o1)C1CCS(=O)(=O)C1. The summed E-state index contributed by atoms with van der Waals surface area (Å²) in [5.74, 6) is 0.264. The Kier molecular flexibility index (Phi) is 6.44. The molecule has 2 heterocycles. The number of hydrogen-bond acceptors (Lipinski definition) is 5. The predicted octanol–water partition coefficient (Wildman–Crippen LogP) is 4.80. The first-order valence-corrected chi connectivity index (χ1v) is 12.3. The molecule has 2 aromatic carbocycles. The fourth-order valence-corrected chi connectivity index (χ4v) is 5.73. The number of furan rings is 1. The normalized spacial score (nSPS) is 17.5. The molecule has 34 heavy (non-hydrogen) atoms. The standard InChI is InChI=1S/C24H22F3NO5S/c1-32-22-8-3-2-7-20(22)23(29)28(18-11-12-34(30,31)15-18)14-19-9-10-21(33-19)16-5-4-6-17(13-16)24(25,26)27/h2-10,13,18H,11-12,14-15H2,1H3. The zero-order chi connectivity index (χ0) is 24.5. The van der Waals surface area contributed by atoms with E-state index in [1.54, 1.807) is 30.3 Å². The fourth-order valence-electron chi connectivity index (χ4n) is 4.00. The van der Waals surface area contributed by atoms with Crippen molar-refractivity contribution in [3.05, 3.63) is 77.6 Å². The molecule has 180 valence electrons. The average molecular weight is 494 g/mol. The van der Waals surface area contributed by atoms with E-state index < -0.39 is 33.5 Å². The van der Waals surface area contributed by atoms with Crippen molar-refractivity contribution in [3.63, 3.8) is 0 Å². The first-order chi connectivity index (χ1) is 16.1. The van der Waals surface area contributed by atoms with Crippen LogP contribution in [0.3, 0.4) is 0 Å². The monoisotopic (exact) mass is 493 g/mol. The van der Waals surface area contributed by atoms with E-state index in [1.807, 2.05) is 0 Å². The molecule has 1 fully saturated rings. The number of amides is 1. The molecule has 6 nitrogen and oxygen atoms in total. The fraction of sp³-hybridized carbons (Fsp3) is 0.292. The number of sulfone groups is 1. The molecular weight excluding hydrogens is 471 g/mol. The van der Waals surface area contributed by atoms with Crippen LogP contribution in [-0.2, 0) is 22.6 Å². The van der Waals surface area contributed by atoms with Gasteiger partial charge in [0, 0.05) is 11.6 Å². The van der Waals surface area contributed by atoms with Gasteiger partial charge in [-0.1, -0.05) is 24.3 Å². The van der Waals surface area contributed by atoms with Crippen molar-refractivity contribution in [1.82, 2.24) is 4.90 Å². The lowest BCUT2D eigenvalue weighted by Crippen LogP contribution is -2.40. The summed E-state index contributed by atoms with van der Waals surface area (Å²) < 4.78 is 74.5. The van der Waals surface area contributed by atoms with Crippen LogP contribution in [0.25, 0.3) is 11.3 Å². The van der Waals surface area contributed by atoms with E-state index in [1.165, 1.54) is 30.2 Å². The Morgan fingerprint density at radius 1 is 1.12 bits per heavy atom. The third-order valence-electron chi connectivity index (χ3n) is 5.71. The van der Waals surface area contributed by atoms with Crippen LogP contribution in [0, 0.1) is 0 Å². The number of methoxy groups -OCH3 is 1. The van der Waals surface area contributed by atoms with E-state index in [4.69, 9.17) is 9.15 Å². The summed E-state index contributed by atoms with van der Waals surface area (Å²) in [6, 6.07) is 13.9. The zero-order valence-corrected chi connectivity index (χ0v) is 19.0. The van der Waals surface area contributed by atoms with Crippen molar-refractivity contribution < 1.29 is 35.5 Å². The third-order valence-corrected chi connectivity index (χ3v) is 7.46.